The lowest BCUT2D eigenvalue weighted by Crippen LogP contribution is -2.42. The molecule has 9 heteroatoms. The monoisotopic (exact) mass is 483 g/mol. The Balaban J connectivity index is 1.87. The molecule has 35 heavy (non-hydrogen) atoms. The van der Waals surface area contributed by atoms with Crippen LogP contribution < -0.4 is 9.47 Å². The molecule has 0 fully saturated rings. The third-order valence-corrected chi connectivity index (χ3v) is 5.34. The molecule has 0 aromatic heterocycles. The first-order valence-corrected chi connectivity index (χ1v) is 11.1. The van der Waals surface area contributed by atoms with E-state index in [1.807, 2.05) is 0 Å². The molecule has 0 spiro atoms. The molecule has 0 N–H and O–H groups in total. The van der Waals surface area contributed by atoms with Gasteiger partial charge in [-0.3, -0.25) is 19.3 Å². The van der Waals surface area contributed by atoms with E-state index in [-0.39, 0.29) is 31.9 Å². The maximum Gasteiger partial charge on any atom is 0.333 e. The fourth-order valence-corrected chi connectivity index (χ4v) is 3.52. The Morgan fingerprint density at radius 3 is 2.03 bits per heavy atom. The number of carbonyl (C=O) groups is 4. The predicted octanol–water partition coefficient (Wildman–Crippen LogP) is 3.53. The van der Waals surface area contributed by atoms with Crippen molar-refractivity contribution in [3.63, 3.8) is 0 Å². The zero-order chi connectivity index (χ0) is 25.9. The number of ether oxygens (including phenoxy) is 4. The van der Waals surface area contributed by atoms with E-state index < -0.39 is 29.2 Å². The number of methoxy groups -OCH3 is 1. The first-order valence-electron chi connectivity index (χ1n) is 11.1. The van der Waals surface area contributed by atoms with Crippen molar-refractivity contribution in [2.45, 2.75) is 27.7 Å². The van der Waals surface area contributed by atoms with Gasteiger partial charge in [0.25, 0.3) is 11.8 Å². The van der Waals surface area contributed by atoms with Crippen LogP contribution in [0.3, 0.4) is 0 Å². The number of rotatable bonds is 9. The normalized spacial score (nSPS) is 13.0. The fraction of sp³-hybridized carbons (Fsp3) is 0.385. The molecule has 186 valence electrons. The van der Waals surface area contributed by atoms with Crippen molar-refractivity contribution in [1.82, 2.24) is 4.90 Å². The summed E-state index contributed by atoms with van der Waals surface area (Å²) >= 11 is 0. The number of hydrogen-bond acceptors (Lipinski definition) is 8. The predicted molar refractivity (Wildman–Crippen MR) is 128 cm³/mol. The van der Waals surface area contributed by atoms with E-state index in [1.165, 1.54) is 7.11 Å². The van der Waals surface area contributed by atoms with Crippen LogP contribution in [0.15, 0.2) is 36.4 Å². The molecule has 3 rings (SSSR count). The van der Waals surface area contributed by atoms with Crippen LogP contribution in [-0.4, -0.2) is 62.1 Å². The number of carbonyl (C=O) groups excluding carboxylic acids is 4. The van der Waals surface area contributed by atoms with Crippen molar-refractivity contribution >= 4 is 34.5 Å². The van der Waals surface area contributed by atoms with Crippen LogP contribution in [0.25, 0.3) is 10.8 Å². The lowest BCUT2D eigenvalue weighted by Gasteiger charge is -2.28. The summed E-state index contributed by atoms with van der Waals surface area (Å²) in [5, 5.41) is 0.882. The zero-order valence-electron chi connectivity index (χ0n) is 20.6. The lowest BCUT2D eigenvalue weighted by atomic mass is 9.93. The number of nitrogens with zero attached hydrogens (tertiary/aromatic N) is 1. The second-order valence-corrected chi connectivity index (χ2v) is 9.09. The first kappa shape index (κ1) is 25.7. The highest BCUT2D eigenvalue weighted by Crippen LogP contribution is 2.41. The van der Waals surface area contributed by atoms with Crippen molar-refractivity contribution in [2.75, 3.05) is 33.5 Å². The highest BCUT2D eigenvalue weighted by atomic mass is 16.6. The van der Waals surface area contributed by atoms with Crippen LogP contribution in [0.1, 0.15) is 48.4 Å². The summed E-state index contributed by atoms with van der Waals surface area (Å²) in [5.41, 5.74) is 0.195. The molecule has 2 aromatic carbocycles. The average Bonchev–Trinajstić information content (AvgIpc) is 2.81. The Kier molecular flexibility index (Phi) is 7.48. The van der Waals surface area contributed by atoms with E-state index in [2.05, 4.69) is 6.58 Å². The molecular formula is C26H29NO8. The first-order chi connectivity index (χ1) is 16.5. The summed E-state index contributed by atoms with van der Waals surface area (Å²) in [4.78, 5) is 51.1. The van der Waals surface area contributed by atoms with Crippen LogP contribution in [0.2, 0.25) is 0 Å². The fourth-order valence-electron chi connectivity index (χ4n) is 3.52. The lowest BCUT2D eigenvalue weighted by molar-refractivity contribution is -0.153. The van der Waals surface area contributed by atoms with Crippen molar-refractivity contribution in [1.29, 1.82) is 0 Å². The van der Waals surface area contributed by atoms with Crippen molar-refractivity contribution in [3.8, 4) is 11.5 Å². The van der Waals surface area contributed by atoms with Gasteiger partial charge in [-0.2, -0.15) is 0 Å². The Labute approximate surface area is 203 Å². The summed E-state index contributed by atoms with van der Waals surface area (Å²) in [5.74, 6) is -1.15. The van der Waals surface area contributed by atoms with E-state index in [9.17, 15) is 19.2 Å². The third-order valence-electron chi connectivity index (χ3n) is 5.34. The van der Waals surface area contributed by atoms with Gasteiger partial charge in [-0.25, -0.2) is 4.79 Å². The van der Waals surface area contributed by atoms with Gasteiger partial charge in [0.15, 0.2) is 0 Å². The van der Waals surface area contributed by atoms with E-state index in [0.29, 0.717) is 33.4 Å². The van der Waals surface area contributed by atoms with Gasteiger partial charge >= 0.3 is 11.9 Å². The molecule has 0 saturated carbocycles. The van der Waals surface area contributed by atoms with Gasteiger partial charge in [0.2, 0.25) is 0 Å². The highest BCUT2D eigenvalue weighted by Gasteiger charge is 2.35. The molecule has 1 aliphatic heterocycles. The third kappa shape index (κ3) is 5.29. The average molecular weight is 484 g/mol. The minimum Gasteiger partial charge on any atom is -0.496 e. The van der Waals surface area contributed by atoms with Gasteiger partial charge in [-0.05, 0) is 52.0 Å². The maximum atomic E-state index is 13.2. The number of hydrogen-bond donors (Lipinski definition) is 0. The van der Waals surface area contributed by atoms with E-state index in [0.717, 1.165) is 4.90 Å². The summed E-state index contributed by atoms with van der Waals surface area (Å²) < 4.78 is 21.6. The van der Waals surface area contributed by atoms with E-state index in [4.69, 9.17) is 18.9 Å². The second-order valence-electron chi connectivity index (χ2n) is 9.09. The molecule has 0 saturated heterocycles. The summed E-state index contributed by atoms with van der Waals surface area (Å²) in [7, 11) is 1.48. The van der Waals surface area contributed by atoms with Gasteiger partial charge in [0.05, 0.1) is 24.5 Å². The number of benzene rings is 2. The Bertz CT molecular complexity index is 1190. The summed E-state index contributed by atoms with van der Waals surface area (Å²) in [6, 6.07) is 6.40. The molecule has 9 nitrogen and oxygen atoms in total. The Hall–Kier alpha value is -3.88. The minimum atomic E-state index is -0.691. The quantitative estimate of drug-likeness (QED) is 0.231. The molecule has 0 aliphatic carbocycles. The van der Waals surface area contributed by atoms with Gasteiger partial charge in [0, 0.05) is 22.1 Å². The number of amides is 2. The van der Waals surface area contributed by atoms with Crippen LogP contribution in [0.5, 0.6) is 11.5 Å². The summed E-state index contributed by atoms with van der Waals surface area (Å²) in [6.07, 6.45) is 0. The number of imide groups is 1. The molecule has 0 unspecified atom stereocenters. The molecule has 2 aromatic rings. The zero-order valence-corrected chi connectivity index (χ0v) is 20.6. The van der Waals surface area contributed by atoms with Crippen LogP contribution in [-0.2, 0) is 19.1 Å². The molecule has 0 radical (unpaired) electrons. The SMILES string of the molecule is C=C(C)C(=O)OCCOc1ccc2c3c(ccc(OC)c13)C(=O)N(CCOC(=O)C(C)(C)C)C2=O. The molecule has 0 atom stereocenters. The van der Waals surface area contributed by atoms with Crippen LogP contribution in [0, 0.1) is 5.41 Å². The largest absolute Gasteiger partial charge is 0.496 e. The van der Waals surface area contributed by atoms with E-state index >= 15 is 0 Å². The van der Waals surface area contributed by atoms with Gasteiger partial charge < -0.3 is 18.9 Å². The van der Waals surface area contributed by atoms with Crippen molar-refractivity contribution in [3.05, 3.63) is 47.5 Å². The molecule has 0 bridgehead atoms. The highest BCUT2D eigenvalue weighted by molar-refractivity contribution is 6.26. The molecule has 2 amide bonds. The standard InChI is InChI=1S/C26H29NO8/c1-15(2)24(30)34-14-13-33-19-10-8-17-20-16(7-9-18(32-6)21(19)20)22(28)27(23(17)29)11-12-35-25(31)26(3,4)5/h7-10H,1,11-14H2,2-6H3. The number of esters is 2. The molecule has 1 heterocycles. The van der Waals surface area contributed by atoms with E-state index in [1.54, 1.807) is 52.0 Å². The Morgan fingerprint density at radius 1 is 0.886 bits per heavy atom. The summed E-state index contributed by atoms with van der Waals surface area (Å²) in [6.45, 7) is 10.1. The maximum absolute atomic E-state index is 13.2. The van der Waals surface area contributed by atoms with Gasteiger partial charge in [-0.15, -0.1) is 0 Å². The van der Waals surface area contributed by atoms with Crippen LogP contribution in [0.4, 0.5) is 0 Å². The molecule has 1 aliphatic rings. The van der Waals surface area contributed by atoms with Crippen molar-refractivity contribution in [2.24, 2.45) is 5.41 Å². The van der Waals surface area contributed by atoms with Gasteiger partial charge in [-0.1, -0.05) is 6.58 Å². The molecular weight excluding hydrogens is 454 g/mol. The Morgan fingerprint density at radius 2 is 1.49 bits per heavy atom. The minimum absolute atomic E-state index is 0.00410. The topological polar surface area (TPSA) is 108 Å². The second kappa shape index (κ2) is 10.2. The van der Waals surface area contributed by atoms with Gasteiger partial charge in [0.1, 0.15) is 31.3 Å². The van der Waals surface area contributed by atoms with Crippen molar-refractivity contribution < 1.29 is 38.1 Å². The van der Waals surface area contributed by atoms with Crippen LogP contribution >= 0.6 is 0 Å². The smallest absolute Gasteiger partial charge is 0.333 e.